The van der Waals surface area contributed by atoms with Crippen LogP contribution in [0.25, 0.3) is 0 Å². The molecule has 0 amide bonds. The number of nitrogens with two attached hydrogens (primary N) is 1. The number of hydrogen-bond acceptors (Lipinski definition) is 4. The zero-order chi connectivity index (χ0) is 12.1. The largest absolute Gasteiger partial charge is 0.378 e. The summed E-state index contributed by atoms with van der Waals surface area (Å²) in [5.74, 6) is 0.560. The van der Waals surface area contributed by atoms with E-state index in [1.54, 1.807) is 6.07 Å². The highest BCUT2D eigenvalue weighted by Gasteiger charge is 2.12. The van der Waals surface area contributed by atoms with Crippen molar-refractivity contribution in [1.82, 2.24) is 10.2 Å². The molecule has 6 heteroatoms. The summed E-state index contributed by atoms with van der Waals surface area (Å²) >= 11 is 11.6. The van der Waals surface area contributed by atoms with Crippen LogP contribution in [0.4, 0.5) is 5.69 Å². The monoisotopic (exact) mass is 262 g/mol. The number of nitrogens with one attached hydrogen (secondary N) is 1. The molecule has 1 aromatic heterocycles. The Morgan fingerprint density at radius 3 is 2.62 bits per heavy atom. The van der Waals surface area contributed by atoms with Crippen molar-refractivity contribution >= 4 is 28.9 Å². The molecule has 0 saturated heterocycles. The van der Waals surface area contributed by atoms with Gasteiger partial charge in [0.15, 0.2) is 10.3 Å². The molecule has 0 bridgehead atoms. The molecule has 0 radical (unpaired) electrons. The Morgan fingerprint density at radius 2 is 2.06 bits per heavy atom. The molecular formula is C10H16Cl2N4. The molecular weight excluding hydrogens is 247 g/mol. The molecule has 0 saturated carbocycles. The fraction of sp³-hybridized carbons (Fsp3) is 0.600. The average Bonchev–Trinajstić information content (AvgIpc) is 2.21. The van der Waals surface area contributed by atoms with Gasteiger partial charge in [-0.1, -0.05) is 37.0 Å². The maximum atomic E-state index is 5.90. The van der Waals surface area contributed by atoms with Gasteiger partial charge in [0.25, 0.3) is 0 Å². The van der Waals surface area contributed by atoms with Crippen molar-refractivity contribution in [3.8, 4) is 0 Å². The van der Waals surface area contributed by atoms with Crippen LogP contribution >= 0.6 is 23.2 Å². The van der Waals surface area contributed by atoms with Crippen LogP contribution in [0.5, 0.6) is 0 Å². The van der Waals surface area contributed by atoms with Gasteiger partial charge in [0.2, 0.25) is 0 Å². The number of halogens is 2. The van der Waals surface area contributed by atoms with Crippen molar-refractivity contribution in [2.75, 3.05) is 11.9 Å². The van der Waals surface area contributed by atoms with Gasteiger partial charge in [-0.25, -0.2) is 0 Å². The molecule has 1 unspecified atom stereocenters. The third kappa shape index (κ3) is 4.12. The van der Waals surface area contributed by atoms with Crippen molar-refractivity contribution in [2.45, 2.75) is 26.3 Å². The maximum absolute atomic E-state index is 5.90. The van der Waals surface area contributed by atoms with Gasteiger partial charge >= 0.3 is 0 Å². The normalized spacial score (nSPS) is 12.9. The molecule has 0 aliphatic rings. The predicted octanol–water partition coefficient (Wildman–Crippen LogP) is 2.57. The SMILES string of the molecule is CC(C)CC(CN)Nc1cc(Cl)nnc1Cl. The standard InChI is InChI=1S/C10H16Cl2N4/c1-6(2)3-7(5-13)14-8-4-9(11)15-16-10(8)12/h4,6-7H,3,5,13H2,1-2H3,(H,14,15). The molecule has 1 aromatic rings. The van der Waals surface area contributed by atoms with Gasteiger partial charge in [0, 0.05) is 18.7 Å². The number of hydrogen-bond donors (Lipinski definition) is 2. The minimum atomic E-state index is 0.165. The first kappa shape index (κ1) is 13.5. The minimum absolute atomic E-state index is 0.165. The van der Waals surface area contributed by atoms with Gasteiger partial charge < -0.3 is 11.1 Å². The Hall–Kier alpha value is -0.580. The number of anilines is 1. The van der Waals surface area contributed by atoms with Crippen molar-refractivity contribution in [1.29, 1.82) is 0 Å². The molecule has 1 heterocycles. The molecule has 16 heavy (non-hydrogen) atoms. The lowest BCUT2D eigenvalue weighted by atomic mass is 10.0. The van der Waals surface area contributed by atoms with Crippen molar-refractivity contribution in [2.24, 2.45) is 11.7 Å². The molecule has 0 fully saturated rings. The Morgan fingerprint density at radius 1 is 1.38 bits per heavy atom. The summed E-state index contributed by atoms with van der Waals surface area (Å²) in [5.41, 5.74) is 6.36. The van der Waals surface area contributed by atoms with Gasteiger partial charge in [0.1, 0.15) is 0 Å². The van der Waals surface area contributed by atoms with E-state index in [-0.39, 0.29) is 6.04 Å². The minimum Gasteiger partial charge on any atom is -0.378 e. The van der Waals surface area contributed by atoms with E-state index < -0.39 is 0 Å². The molecule has 3 N–H and O–H groups in total. The zero-order valence-corrected chi connectivity index (χ0v) is 10.9. The molecule has 4 nitrogen and oxygen atoms in total. The van der Waals surface area contributed by atoms with Crippen LogP contribution in [0.15, 0.2) is 6.07 Å². The molecule has 90 valence electrons. The summed E-state index contributed by atoms with van der Waals surface area (Å²) in [6, 6.07) is 1.82. The highest BCUT2D eigenvalue weighted by molar-refractivity contribution is 6.33. The summed E-state index contributed by atoms with van der Waals surface area (Å²) < 4.78 is 0. The van der Waals surface area contributed by atoms with Gasteiger partial charge in [-0.15, -0.1) is 10.2 Å². The summed E-state index contributed by atoms with van der Waals surface area (Å²) in [5, 5.41) is 11.2. The first-order valence-corrected chi connectivity index (χ1v) is 5.93. The van der Waals surface area contributed by atoms with Gasteiger partial charge in [-0.05, 0) is 12.3 Å². The van der Waals surface area contributed by atoms with Crippen LogP contribution in [0, 0.1) is 5.92 Å². The molecule has 0 aliphatic heterocycles. The van der Waals surface area contributed by atoms with Crippen molar-refractivity contribution in [3.63, 3.8) is 0 Å². The summed E-state index contributed by atoms with van der Waals surface area (Å²) in [6.45, 7) is 4.82. The van der Waals surface area contributed by atoms with E-state index in [9.17, 15) is 0 Å². The van der Waals surface area contributed by atoms with E-state index in [0.29, 0.717) is 28.5 Å². The lowest BCUT2D eigenvalue weighted by Gasteiger charge is -2.20. The second-order valence-electron chi connectivity index (χ2n) is 4.08. The van der Waals surface area contributed by atoms with Crippen molar-refractivity contribution in [3.05, 3.63) is 16.4 Å². The topological polar surface area (TPSA) is 63.8 Å². The van der Waals surface area contributed by atoms with Crippen LogP contribution in [-0.2, 0) is 0 Å². The van der Waals surface area contributed by atoms with Gasteiger partial charge in [-0.3, -0.25) is 0 Å². The lowest BCUT2D eigenvalue weighted by Crippen LogP contribution is -2.30. The number of nitrogens with zero attached hydrogens (tertiary/aromatic N) is 2. The Balaban J connectivity index is 2.73. The quantitative estimate of drug-likeness (QED) is 0.856. The number of aromatic nitrogens is 2. The van der Waals surface area contributed by atoms with E-state index in [1.165, 1.54) is 0 Å². The third-order valence-corrected chi connectivity index (χ3v) is 2.58. The van der Waals surface area contributed by atoms with Gasteiger partial charge in [-0.2, -0.15) is 0 Å². The lowest BCUT2D eigenvalue weighted by molar-refractivity contribution is 0.522. The van der Waals surface area contributed by atoms with Crippen LogP contribution in [-0.4, -0.2) is 22.8 Å². The maximum Gasteiger partial charge on any atom is 0.174 e. The summed E-state index contributed by atoms with van der Waals surface area (Å²) in [4.78, 5) is 0. The molecule has 1 rings (SSSR count). The van der Waals surface area contributed by atoms with E-state index in [4.69, 9.17) is 28.9 Å². The van der Waals surface area contributed by atoms with E-state index in [0.717, 1.165) is 6.42 Å². The first-order valence-electron chi connectivity index (χ1n) is 5.18. The Kier molecular flexibility index (Phi) is 5.25. The first-order chi connectivity index (χ1) is 7.52. The van der Waals surface area contributed by atoms with Crippen molar-refractivity contribution < 1.29 is 0 Å². The van der Waals surface area contributed by atoms with E-state index in [2.05, 4.69) is 29.4 Å². The van der Waals surface area contributed by atoms with Crippen LogP contribution in [0.3, 0.4) is 0 Å². The Bertz CT molecular complexity index is 344. The van der Waals surface area contributed by atoms with E-state index >= 15 is 0 Å². The fourth-order valence-electron chi connectivity index (χ4n) is 1.46. The highest BCUT2D eigenvalue weighted by Crippen LogP contribution is 2.22. The average molecular weight is 263 g/mol. The smallest absolute Gasteiger partial charge is 0.174 e. The zero-order valence-electron chi connectivity index (χ0n) is 9.37. The third-order valence-electron chi connectivity index (χ3n) is 2.12. The summed E-state index contributed by atoms with van der Waals surface area (Å²) in [7, 11) is 0. The molecule has 0 spiro atoms. The van der Waals surface area contributed by atoms with Crippen LogP contribution in [0.1, 0.15) is 20.3 Å². The molecule has 1 atom stereocenters. The fourth-order valence-corrected chi connectivity index (χ4v) is 1.75. The molecule has 0 aromatic carbocycles. The Labute approximate surface area is 106 Å². The van der Waals surface area contributed by atoms with Crippen LogP contribution < -0.4 is 11.1 Å². The second-order valence-corrected chi connectivity index (χ2v) is 4.82. The molecule has 0 aliphatic carbocycles. The van der Waals surface area contributed by atoms with Crippen LogP contribution in [0.2, 0.25) is 10.3 Å². The summed E-state index contributed by atoms with van der Waals surface area (Å²) in [6.07, 6.45) is 0.965. The second kappa shape index (κ2) is 6.23. The number of rotatable bonds is 5. The van der Waals surface area contributed by atoms with E-state index in [1.807, 2.05) is 0 Å². The van der Waals surface area contributed by atoms with Gasteiger partial charge in [0.05, 0.1) is 5.69 Å². The predicted molar refractivity (Wildman–Crippen MR) is 68.0 cm³/mol. The highest BCUT2D eigenvalue weighted by atomic mass is 35.5.